The number of halogens is 4. The maximum absolute atomic E-state index is 12.5. The van der Waals surface area contributed by atoms with Crippen LogP contribution in [0, 0.1) is 0 Å². The number of nitrogens with one attached hydrogen (secondary N) is 1. The molecule has 0 radical (unpaired) electrons. The molecule has 2 aromatic heterocycles. The van der Waals surface area contributed by atoms with Gasteiger partial charge in [-0.1, -0.05) is 11.6 Å². The van der Waals surface area contributed by atoms with Gasteiger partial charge < -0.3 is 9.73 Å². The lowest BCUT2D eigenvalue weighted by molar-refractivity contribution is -0.145. The Labute approximate surface area is 161 Å². The first-order chi connectivity index (χ1) is 13.2. The predicted octanol–water partition coefficient (Wildman–Crippen LogP) is 3.89. The maximum atomic E-state index is 12.5. The lowest BCUT2D eigenvalue weighted by Gasteiger charge is -2.68. The SMILES string of the molecule is O=C(NC12CC(c3nc4cc(Cl)ccc4o3)(C1)C2)c1cnc(C(F)(F)F)nc1. The molecule has 10 heteroatoms. The fourth-order valence-electron chi connectivity index (χ4n) is 4.18. The summed E-state index contributed by atoms with van der Waals surface area (Å²) in [6, 6.07) is 5.23. The van der Waals surface area contributed by atoms with Crippen molar-refractivity contribution in [3.63, 3.8) is 0 Å². The molecular weight excluding hydrogens is 397 g/mol. The molecule has 0 spiro atoms. The number of amides is 1. The third-order valence-electron chi connectivity index (χ3n) is 5.38. The lowest BCUT2D eigenvalue weighted by Crippen LogP contribution is -2.76. The summed E-state index contributed by atoms with van der Waals surface area (Å²) in [6.07, 6.45) is -0.887. The molecule has 3 fully saturated rings. The highest BCUT2D eigenvalue weighted by atomic mass is 35.5. The van der Waals surface area contributed by atoms with Gasteiger partial charge in [0.1, 0.15) is 5.52 Å². The minimum absolute atomic E-state index is 0.0109. The molecule has 0 saturated heterocycles. The monoisotopic (exact) mass is 408 g/mol. The smallest absolute Gasteiger partial charge is 0.440 e. The standard InChI is InChI=1S/C18H12ClF3N4O2/c19-10-1-2-12-11(3-10)25-15(28-12)16-6-17(7-16,8-16)26-13(27)9-4-23-14(24-5-9)18(20,21)22/h1-5H,6-8H2,(H,26,27). The molecule has 0 unspecified atom stereocenters. The summed E-state index contributed by atoms with van der Waals surface area (Å²) in [5, 5.41) is 3.46. The second-order valence-corrected chi connectivity index (χ2v) is 7.91. The topological polar surface area (TPSA) is 80.9 Å². The number of hydrogen-bond donors (Lipinski definition) is 1. The normalized spacial score (nSPS) is 25.9. The van der Waals surface area contributed by atoms with Crippen LogP contribution in [0.2, 0.25) is 5.02 Å². The molecule has 144 valence electrons. The number of benzene rings is 1. The molecule has 0 atom stereocenters. The highest BCUT2D eigenvalue weighted by Crippen LogP contribution is 2.67. The zero-order valence-corrected chi connectivity index (χ0v) is 14.9. The Hall–Kier alpha value is -2.68. The van der Waals surface area contributed by atoms with Crippen molar-refractivity contribution in [2.75, 3.05) is 0 Å². The van der Waals surface area contributed by atoms with E-state index in [1.54, 1.807) is 18.2 Å². The Kier molecular flexibility index (Phi) is 3.38. The molecule has 2 heterocycles. The van der Waals surface area contributed by atoms with E-state index in [1.807, 2.05) is 0 Å². The van der Waals surface area contributed by atoms with Crippen molar-refractivity contribution in [3.8, 4) is 0 Å². The first-order valence-corrected chi connectivity index (χ1v) is 8.84. The van der Waals surface area contributed by atoms with E-state index in [0.717, 1.165) is 12.4 Å². The van der Waals surface area contributed by atoms with E-state index in [2.05, 4.69) is 20.3 Å². The van der Waals surface area contributed by atoms with E-state index in [4.69, 9.17) is 16.0 Å². The van der Waals surface area contributed by atoms with Crippen molar-refractivity contribution < 1.29 is 22.4 Å². The van der Waals surface area contributed by atoms with Gasteiger partial charge in [0, 0.05) is 23.0 Å². The van der Waals surface area contributed by atoms with Crippen LogP contribution in [0.5, 0.6) is 0 Å². The number of alkyl halides is 3. The van der Waals surface area contributed by atoms with Gasteiger partial charge in [0.2, 0.25) is 11.7 Å². The number of carbonyl (C=O) groups excluding carboxylic acids is 1. The van der Waals surface area contributed by atoms with Crippen molar-refractivity contribution in [3.05, 3.63) is 52.9 Å². The van der Waals surface area contributed by atoms with Gasteiger partial charge >= 0.3 is 6.18 Å². The number of aromatic nitrogens is 3. The molecular formula is C18H12ClF3N4O2. The van der Waals surface area contributed by atoms with Gasteiger partial charge in [0.05, 0.1) is 11.0 Å². The molecule has 3 aromatic rings. The van der Waals surface area contributed by atoms with Gasteiger partial charge in [-0.15, -0.1) is 0 Å². The molecule has 6 rings (SSSR count). The minimum Gasteiger partial charge on any atom is -0.440 e. The number of rotatable bonds is 3. The summed E-state index contributed by atoms with van der Waals surface area (Å²) in [6.45, 7) is 0. The van der Waals surface area contributed by atoms with Crippen LogP contribution in [0.1, 0.15) is 41.3 Å². The van der Waals surface area contributed by atoms with Crippen molar-refractivity contribution in [1.29, 1.82) is 0 Å². The molecule has 1 aromatic carbocycles. The highest BCUT2D eigenvalue weighted by Gasteiger charge is 2.71. The van der Waals surface area contributed by atoms with E-state index in [9.17, 15) is 18.0 Å². The van der Waals surface area contributed by atoms with Crippen LogP contribution in [0.15, 0.2) is 35.0 Å². The van der Waals surface area contributed by atoms with E-state index < -0.39 is 23.4 Å². The molecule has 3 aliphatic carbocycles. The Balaban J connectivity index is 1.27. The lowest BCUT2D eigenvalue weighted by atomic mass is 9.39. The average Bonchev–Trinajstić information content (AvgIpc) is 2.98. The summed E-state index contributed by atoms with van der Waals surface area (Å²) >= 11 is 5.97. The fraction of sp³-hybridized carbons (Fsp3) is 0.333. The average molecular weight is 409 g/mol. The van der Waals surface area contributed by atoms with E-state index in [-0.39, 0.29) is 11.0 Å². The third-order valence-corrected chi connectivity index (χ3v) is 5.61. The Morgan fingerprint density at radius 3 is 2.50 bits per heavy atom. The zero-order valence-electron chi connectivity index (χ0n) is 14.2. The van der Waals surface area contributed by atoms with E-state index in [1.165, 1.54) is 0 Å². The second-order valence-electron chi connectivity index (χ2n) is 7.47. The van der Waals surface area contributed by atoms with Gasteiger partial charge in [0.15, 0.2) is 5.58 Å². The molecule has 1 amide bonds. The summed E-state index contributed by atoms with van der Waals surface area (Å²) in [5.74, 6) is -1.14. The number of fused-ring (bicyclic) bond motifs is 1. The summed E-state index contributed by atoms with van der Waals surface area (Å²) < 4.78 is 43.4. The maximum Gasteiger partial charge on any atom is 0.451 e. The fourth-order valence-corrected chi connectivity index (χ4v) is 4.35. The predicted molar refractivity (Wildman–Crippen MR) is 91.8 cm³/mol. The molecule has 0 aliphatic heterocycles. The van der Waals surface area contributed by atoms with Crippen molar-refractivity contribution >= 4 is 28.6 Å². The van der Waals surface area contributed by atoms with Crippen LogP contribution in [0.25, 0.3) is 11.1 Å². The molecule has 2 bridgehead atoms. The van der Waals surface area contributed by atoms with Gasteiger partial charge in [-0.2, -0.15) is 13.2 Å². The number of nitrogens with zero attached hydrogens (tertiary/aromatic N) is 3. The van der Waals surface area contributed by atoms with Gasteiger partial charge in [-0.3, -0.25) is 4.79 Å². The Bertz CT molecular complexity index is 1090. The van der Waals surface area contributed by atoms with E-state index >= 15 is 0 Å². The largest absolute Gasteiger partial charge is 0.451 e. The minimum atomic E-state index is -4.64. The van der Waals surface area contributed by atoms with Gasteiger partial charge in [-0.05, 0) is 37.5 Å². The highest BCUT2D eigenvalue weighted by molar-refractivity contribution is 6.31. The van der Waals surface area contributed by atoms with E-state index in [0.29, 0.717) is 41.3 Å². The van der Waals surface area contributed by atoms with Crippen LogP contribution in [0.3, 0.4) is 0 Å². The summed E-state index contributed by atoms with van der Waals surface area (Å²) in [7, 11) is 0. The Morgan fingerprint density at radius 2 is 1.86 bits per heavy atom. The van der Waals surface area contributed by atoms with Crippen LogP contribution < -0.4 is 5.32 Å². The first kappa shape index (κ1) is 17.4. The van der Waals surface area contributed by atoms with Gasteiger partial charge in [-0.25, -0.2) is 15.0 Å². The molecule has 28 heavy (non-hydrogen) atoms. The summed E-state index contributed by atoms with van der Waals surface area (Å²) in [5.41, 5.74) is 0.729. The Morgan fingerprint density at radius 1 is 1.18 bits per heavy atom. The zero-order chi connectivity index (χ0) is 19.7. The second kappa shape index (κ2) is 5.44. The third kappa shape index (κ3) is 2.56. The van der Waals surface area contributed by atoms with Crippen LogP contribution >= 0.6 is 11.6 Å². The first-order valence-electron chi connectivity index (χ1n) is 8.47. The van der Waals surface area contributed by atoms with Gasteiger partial charge in [0.25, 0.3) is 5.91 Å². The number of carbonyl (C=O) groups is 1. The molecule has 3 aliphatic rings. The van der Waals surface area contributed by atoms with Crippen LogP contribution in [-0.4, -0.2) is 26.4 Å². The number of hydrogen-bond acceptors (Lipinski definition) is 5. The molecule has 6 nitrogen and oxygen atoms in total. The van der Waals surface area contributed by atoms with Crippen molar-refractivity contribution in [2.45, 2.75) is 36.4 Å². The number of oxazole rings is 1. The van der Waals surface area contributed by atoms with Crippen molar-refractivity contribution in [1.82, 2.24) is 20.3 Å². The molecule has 3 saturated carbocycles. The van der Waals surface area contributed by atoms with Crippen LogP contribution in [-0.2, 0) is 11.6 Å². The quantitative estimate of drug-likeness (QED) is 0.711. The molecule has 1 N–H and O–H groups in total. The van der Waals surface area contributed by atoms with Crippen LogP contribution in [0.4, 0.5) is 13.2 Å². The summed E-state index contributed by atoms with van der Waals surface area (Å²) in [4.78, 5) is 23.3. The van der Waals surface area contributed by atoms with Crippen molar-refractivity contribution in [2.24, 2.45) is 0 Å².